The molecule has 2 aliphatic heterocycles. The first-order valence-corrected chi connectivity index (χ1v) is 8.33. The molecule has 116 valence electrons. The van der Waals surface area contributed by atoms with E-state index < -0.39 is 0 Å². The van der Waals surface area contributed by atoms with Crippen LogP contribution >= 0.6 is 11.3 Å². The maximum absolute atomic E-state index is 12.6. The second-order valence-corrected chi connectivity index (χ2v) is 6.86. The van der Waals surface area contributed by atoms with Gasteiger partial charge in [-0.2, -0.15) is 0 Å². The molecule has 3 unspecified atom stereocenters. The van der Waals surface area contributed by atoms with Gasteiger partial charge in [0.05, 0.1) is 38.5 Å². The second-order valence-electron chi connectivity index (χ2n) is 5.54. The highest BCUT2D eigenvalue weighted by molar-refractivity contribution is 7.12. The van der Waals surface area contributed by atoms with Crippen molar-refractivity contribution < 1.29 is 14.3 Å². The Morgan fingerprint density at radius 2 is 2.29 bits per heavy atom. The largest absolute Gasteiger partial charge is 0.376 e. The van der Waals surface area contributed by atoms with E-state index in [1.807, 2.05) is 11.8 Å². The van der Waals surface area contributed by atoms with Crippen molar-refractivity contribution >= 4 is 17.2 Å². The summed E-state index contributed by atoms with van der Waals surface area (Å²) in [4.78, 5) is 16.9. The van der Waals surface area contributed by atoms with Gasteiger partial charge in [0.25, 0.3) is 0 Å². The number of amides is 1. The summed E-state index contributed by atoms with van der Waals surface area (Å²) in [6.45, 7) is 6.54. The molecule has 6 heteroatoms. The molecular weight excluding hydrogens is 288 g/mol. The maximum Gasteiger partial charge on any atom is 0.241 e. The van der Waals surface area contributed by atoms with Crippen LogP contribution in [-0.2, 0) is 14.3 Å². The first-order chi connectivity index (χ1) is 10.2. The van der Waals surface area contributed by atoms with Gasteiger partial charge in [-0.05, 0) is 25.5 Å². The molecular formula is C15H22N2O3S. The van der Waals surface area contributed by atoms with Crippen molar-refractivity contribution in [3.05, 3.63) is 21.9 Å². The quantitative estimate of drug-likeness (QED) is 0.919. The van der Waals surface area contributed by atoms with Crippen LogP contribution in [0.15, 0.2) is 12.1 Å². The Bertz CT molecular complexity index is 499. The zero-order chi connectivity index (χ0) is 14.8. The van der Waals surface area contributed by atoms with Gasteiger partial charge in [0.2, 0.25) is 5.91 Å². The number of thiophene rings is 1. The van der Waals surface area contributed by atoms with Gasteiger partial charge in [-0.15, -0.1) is 11.3 Å². The number of carbonyl (C=O) groups excluding carboxylic acids is 1. The Balaban J connectivity index is 1.77. The van der Waals surface area contributed by atoms with Gasteiger partial charge in [0.15, 0.2) is 0 Å². The zero-order valence-corrected chi connectivity index (χ0v) is 13.3. The summed E-state index contributed by atoms with van der Waals surface area (Å²) in [5, 5.41) is 3.45. The van der Waals surface area contributed by atoms with Crippen molar-refractivity contribution in [2.75, 3.05) is 26.4 Å². The number of nitrogens with zero attached hydrogens (tertiary/aromatic N) is 1. The number of carbonyl (C=O) groups is 1. The molecule has 0 radical (unpaired) electrons. The van der Waals surface area contributed by atoms with E-state index in [4.69, 9.17) is 9.47 Å². The fourth-order valence-electron chi connectivity index (χ4n) is 2.86. The standard InChI is InChI=1S/C15H22N2O3S/c1-3-12-15(18)17(8-11-9-19-6-7-20-11)14(16-12)13-5-4-10(2)21-13/h4-5,11-12,14,16H,3,6-9H2,1-2H3. The van der Waals surface area contributed by atoms with Gasteiger partial charge in [0, 0.05) is 9.75 Å². The van der Waals surface area contributed by atoms with Crippen LogP contribution in [-0.4, -0.2) is 49.3 Å². The van der Waals surface area contributed by atoms with Crippen molar-refractivity contribution in [1.29, 1.82) is 0 Å². The summed E-state index contributed by atoms with van der Waals surface area (Å²) in [7, 11) is 0. The average molecular weight is 310 g/mol. The Labute approximate surface area is 129 Å². The average Bonchev–Trinajstić information content (AvgIpc) is 3.05. The number of ether oxygens (including phenoxy) is 2. The third-order valence-electron chi connectivity index (χ3n) is 3.98. The Hall–Kier alpha value is -0.950. The van der Waals surface area contributed by atoms with Gasteiger partial charge in [-0.3, -0.25) is 10.1 Å². The lowest BCUT2D eigenvalue weighted by Gasteiger charge is -2.30. The molecule has 2 saturated heterocycles. The van der Waals surface area contributed by atoms with Gasteiger partial charge in [-0.25, -0.2) is 0 Å². The van der Waals surface area contributed by atoms with E-state index in [2.05, 4.69) is 24.4 Å². The second kappa shape index (κ2) is 6.44. The lowest BCUT2D eigenvalue weighted by atomic mass is 10.2. The van der Waals surface area contributed by atoms with Crippen LogP contribution in [0, 0.1) is 6.92 Å². The van der Waals surface area contributed by atoms with Crippen molar-refractivity contribution in [2.24, 2.45) is 0 Å². The highest BCUT2D eigenvalue weighted by atomic mass is 32.1. The van der Waals surface area contributed by atoms with Crippen LogP contribution in [0.5, 0.6) is 0 Å². The molecule has 1 N–H and O–H groups in total. The van der Waals surface area contributed by atoms with E-state index in [1.54, 1.807) is 11.3 Å². The molecule has 0 aliphatic carbocycles. The maximum atomic E-state index is 12.6. The molecule has 2 aliphatic rings. The molecule has 0 aromatic carbocycles. The topological polar surface area (TPSA) is 50.8 Å². The predicted octanol–water partition coefficient (Wildman–Crippen LogP) is 1.68. The minimum absolute atomic E-state index is 0.0244. The number of nitrogens with one attached hydrogen (secondary N) is 1. The first kappa shape index (κ1) is 15.0. The van der Waals surface area contributed by atoms with Gasteiger partial charge in [0.1, 0.15) is 6.17 Å². The summed E-state index contributed by atoms with van der Waals surface area (Å²) >= 11 is 1.74. The molecule has 3 atom stereocenters. The highest BCUT2D eigenvalue weighted by Gasteiger charge is 2.40. The molecule has 5 nitrogen and oxygen atoms in total. The molecule has 1 amide bonds. The Morgan fingerprint density at radius 1 is 1.43 bits per heavy atom. The summed E-state index contributed by atoms with van der Waals surface area (Å²) in [5.41, 5.74) is 0. The highest BCUT2D eigenvalue weighted by Crippen LogP contribution is 2.31. The van der Waals surface area contributed by atoms with Crippen LogP contribution < -0.4 is 5.32 Å². The molecule has 3 rings (SSSR count). The Kier molecular flexibility index (Phi) is 4.59. The molecule has 21 heavy (non-hydrogen) atoms. The van der Waals surface area contributed by atoms with Gasteiger partial charge in [-0.1, -0.05) is 6.92 Å². The predicted molar refractivity (Wildman–Crippen MR) is 81.3 cm³/mol. The number of aryl methyl sites for hydroxylation is 1. The van der Waals surface area contributed by atoms with E-state index in [0.29, 0.717) is 26.4 Å². The van der Waals surface area contributed by atoms with Gasteiger partial charge < -0.3 is 14.4 Å². The van der Waals surface area contributed by atoms with Crippen LogP contribution in [0.2, 0.25) is 0 Å². The lowest BCUT2D eigenvalue weighted by molar-refractivity contribution is -0.137. The van der Waals surface area contributed by atoms with Crippen LogP contribution in [0.1, 0.15) is 29.3 Å². The van der Waals surface area contributed by atoms with Crippen molar-refractivity contribution in [3.63, 3.8) is 0 Å². The first-order valence-electron chi connectivity index (χ1n) is 7.51. The third kappa shape index (κ3) is 3.13. The smallest absolute Gasteiger partial charge is 0.241 e. The molecule has 2 fully saturated rings. The molecule has 0 saturated carbocycles. The molecule has 0 bridgehead atoms. The van der Waals surface area contributed by atoms with E-state index in [1.165, 1.54) is 9.75 Å². The molecule has 0 spiro atoms. The van der Waals surface area contributed by atoms with Crippen LogP contribution in [0.4, 0.5) is 0 Å². The normalized spacial score (nSPS) is 30.1. The number of hydrogen-bond acceptors (Lipinski definition) is 5. The SMILES string of the molecule is CCC1NC(c2ccc(C)s2)N(CC2COCCO2)C1=O. The monoisotopic (exact) mass is 310 g/mol. The fourth-order valence-corrected chi connectivity index (χ4v) is 3.82. The third-order valence-corrected chi connectivity index (χ3v) is 5.03. The molecule has 3 heterocycles. The molecule has 1 aromatic rings. The van der Waals surface area contributed by atoms with E-state index >= 15 is 0 Å². The van der Waals surface area contributed by atoms with E-state index in [0.717, 1.165) is 6.42 Å². The number of rotatable bonds is 4. The van der Waals surface area contributed by atoms with Crippen LogP contribution in [0.3, 0.4) is 0 Å². The van der Waals surface area contributed by atoms with Crippen molar-refractivity contribution in [3.8, 4) is 0 Å². The van der Waals surface area contributed by atoms with E-state index in [9.17, 15) is 4.79 Å². The minimum Gasteiger partial charge on any atom is -0.376 e. The summed E-state index contributed by atoms with van der Waals surface area (Å²) in [6.07, 6.45) is 0.744. The fraction of sp³-hybridized carbons (Fsp3) is 0.667. The minimum atomic E-state index is -0.0954. The summed E-state index contributed by atoms with van der Waals surface area (Å²) in [5.74, 6) is 0.169. The lowest BCUT2D eigenvalue weighted by Crippen LogP contribution is -2.42. The van der Waals surface area contributed by atoms with Crippen molar-refractivity contribution in [1.82, 2.24) is 10.2 Å². The summed E-state index contributed by atoms with van der Waals surface area (Å²) < 4.78 is 11.1. The van der Waals surface area contributed by atoms with Crippen molar-refractivity contribution in [2.45, 2.75) is 38.6 Å². The summed E-state index contributed by atoms with van der Waals surface area (Å²) in [6, 6.07) is 4.11. The van der Waals surface area contributed by atoms with Crippen LogP contribution in [0.25, 0.3) is 0 Å². The van der Waals surface area contributed by atoms with E-state index in [-0.39, 0.29) is 24.2 Å². The Morgan fingerprint density at radius 3 is 2.90 bits per heavy atom. The molecule has 1 aromatic heterocycles. The number of hydrogen-bond donors (Lipinski definition) is 1. The zero-order valence-electron chi connectivity index (χ0n) is 12.5. The van der Waals surface area contributed by atoms with Gasteiger partial charge >= 0.3 is 0 Å².